The van der Waals surface area contributed by atoms with Gasteiger partial charge in [0.15, 0.2) is 0 Å². The highest BCUT2D eigenvalue weighted by atomic mass is 16.5. The highest BCUT2D eigenvalue weighted by molar-refractivity contribution is 5.76. The average molecular weight is 239 g/mol. The molecule has 1 aliphatic carbocycles. The molecule has 2 aliphatic rings. The number of hydrogen-bond donors (Lipinski definition) is 1. The smallest absolute Gasteiger partial charge is 0.323 e. The first kappa shape index (κ1) is 12.9. The van der Waals surface area contributed by atoms with Gasteiger partial charge >= 0.3 is 5.97 Å². The van der Waals surface area contributed by atoms with Crippen LogP contribution in [0.5, 0.6) is 0 Å². The molecule has 0 bridgehead atoms. The summed E-state index contributed by atoms with van der Waals surface area (Å²) in [6, 6.07) is -0.0387. The predicted molar refractivity (Wildman–Crippen MR) is 67.8 cm³/mol. The summed E-state index contributed by atoms with van der Waals surface area (Å²) < 4.78 is 5.73. The minimum Gasteiger partial charge on any atom is -0.461 e. The topological polar surface area (TPSA) is 38.3 Å². The summed E-state index contributed by atoms with van der Waals surface area (Å²) in [5.41, 5.74) is 0. The third-order valence-corrected chi connectivity index (χ3v) is 4.23. The Labute approximate surface area is 104 Å². The minimum atomic E-state index is -0.0387. The average Bonchev–Trinajstić information content (AvgIpc) is 2.40. The molecule has 98 valence electrons. The largest absolute Gasteiger partial charge is 0.461 e. The van der Waals surface area contributed by atoms with E-state index in [9.17, 15) is 4.79 Å². The van der Waals surface area contributed by atoms with Crippen molar-refractivity contribution in [2.24, 2.45) is 5.92 Å². The Bertz CT molecular complexity index is 249. The van der Waals surface area contributed by atoms with Gasteiger partial charge in [-0.25, -0.2) is 0 Å². The van der Waals surface area contributed by atoms with Crippen LogP contribution in [0.25, 0.3) is 0 Å². The summed E-state index contributed by atoms with van der Waals surface area (Å²) in [6.45, 7) is 3.16. The molecule has 1 aliphatic heterocycles. The Hall–Kier alpha value is -0.570. The van der Waals surface area contributed by atoms with Crippen molar-refractivity contribution in [2.45, 2.75) is 70.4 Å². The molecular formula is C14H25NO2. The number of hydrogen-bond acceptors (Lipinski definition) is 3. The fourth-order valence-corrected chi connectivity index (χ4v) is 3.08. The lowest BCUT2D eigenvalue weighted by Gasteiger charge is -2.32. The minimum absolute atomic E-state index is 0.00458. The van der Waals surface area contributed by atoms with Crippen molar-refractivity contribution >= 4 is 5.97 Å². The molecule has 1 saturated carbocycles. The van der Waals surface area contributed by atoms with E-state index >= 15 is 0 Å². The van der Waals surface area contributed by atoms with Crippen LogP contribution in [0.3, 0.4) is 0 Å². The van der Waals surface area contributed by atoms with Crippen LogP contribution in [-0.2, 0) is 9.53 Å². The maximum Gasteiger partial charge on any atom is 0.323 e. The lowest BCUT2D eigenvalue weighted by Crippen LogP contribution is -2.44. The first-order valence-electron chi connectivity index (χ1n) is 7.25. The van der Waals surface area contributed by atoms with Gasteiger partial charge in [0, 0.05) is 0 Å². The monoisotopic (exact) mass is 239 g/mol. The van der Waals surface area contributed by atoms with Gasteiger partial charge in [-0.05, 0) is 51.0 Å². The van der Waals surface area contributed by atoms with Crippen molar-refractivity contribution in [3.05, 3.63) is 0 Å². The normalized spacial score (nSPS) is 34.3. The summed E-state index contributed by atoms with van der Waals surface area (Å²) in [7, 11) is 0. The van der Waals surface area contributed by atoms with Gasteiger partial charge < -0.3 is 10.1 Å². The van der Waals surface area contributed by atoms with Crippen LogP contribution in [0.4, 0.5) is 0 Å². The molecule has 3 atom stereocenters. The molecular weight excluding hydrogens is 214 g/mol. The Balaban J connectivity index is 1.83. The predicted octanol–water partition coefficient (Wildman–Crippen LogP) is 2.64. The van der Waals surface area contributed by atoms with Crippen molar-refractivity contribution in [1.82, 2.24) is 5.32 Å². The molecule has 0 aromatic rings. The molecule has 2 rings (SSSR count). The van der Waals surface area contributed by atoms with Crippen molar-refractivity contribution in [3.63, 3.8) is 0 Å². The van der Waals surface area contributed by atoms with Gasteiger partial charge in [-0.1, -0.05) is 19.8 Å². The number of nitrogens with one attached hydrogen (secondary N) is 1. The van der Waals surface area contributed by atoms with Gasteiger partial charge in [-0.3, -0.25) is 4.79 Å². The van der Waals surface area contributed by atoms with Crippen LogP contribution < -0.4 is 5.32 Å². The maximum absolute atomic E-state index is 12.0. The SMILES string of the molecule is CCC1CCCCC1OC(=O)[C@H]1CCCCN1. The highest BCUT2D eigenvalue weighted by Gasteiger charge is 2.30. The maximum atomic E-state index is 12.0. The fourth-order valence-electron chi connectivity index (χ4n) is 3.08. The van der Waals surface area contributed by atoms with E-state index in [1.54, 1.807) is 0 Å². The Morgan fingerprint density at radius 1 is 1.18 bits per heavy atom. The van der Waals surface area contributed by atoms with Crippen LogP contribution >= 0.6 is 0 Å². The number of piperidine rings is 1. The molecule has 2 fully saturated rings. The summed E-state index contributed by atoms with van der Waals surface area (Å²) in [5.74, 6) is 0.589. The molecule has 17 heavy (non-hydrogen) atoms. The number of carbonyl (C=O) groups is 1. The van der Waals surface area contributed by atoms with Crippen LogP contribution in [0.2, 0.25) is 0 Å². The molecule has 0 aromatic heterocycles. The van der Waals surface area contributed by atoms with Crippen molar-refractivity contribution < 1.29 is 9.53 Å². The molecule has 0 aromatic carbocycles. The van der Waals surface area contributed by atoms with Crippen molar-refractivity contribution in [2.75, 3.05) is 6.54 Å². The fraction of sp³-hybridized carbons (Fsp3) is 0.929. The van der Waals surface area contributed by atoms with E-state index in [-0.39, 0.29) is 18.1 Å². The van der Waals surface area contributed by atoms with Crippen LogP contribution in [-0.4, -0.2) is 24.7 Å². The number of rotatable bonds is 3. The summed E-state index contributed by atoms with van der Waals surface area (Å²) >= 11 is 0. The van der Waals surface area contributed by atoms with E-state index in [4.69, 9.17) is 4.74 Å². The molecule has 3 heteroatoms. The van der Waals surface area contributed by atoms with Crippen molar-refractivity contribution in [3.8, 4) is 0 Å². The zero-order valence-electron chi connectivity index (χ0n) is 10.9. The second-order valence-corrected chi connectivity index (χ2v) is 5.43. The van der Waals surface area contributed by atoms with Gasteiger partial charge in [0.2, 0.25) is 0 Å². The van der Waals surface area contributed by atoms with Gasteiger partial charge in [-0.15, -0.1) is 0 Å². The summed E-state index contributed by atoms with van der Waals surface area (Å²) in [4.78, 5) is 12.0. The molecule has 1 heterocycles. The summed E-state index contributed by atoms with van der Waals surface area (Å²) in [5, 5.41) is 3.27. The molecule has 0 amide bonds. The lowest BCUT2D eigenvalue weighted by molar-refractivity contribution is -0.157. The third-order valence-electron chi connectivity index (χ3n) is 4.23. The Morgan fingerprint density at radius 2 is 1.94 bits per heavy atom. The lowest BCUT2D eigenvalue weighted by atomic mass is 9.84. The van der Waals surface area contributed by atoms with Crippen LogP contribution in [0, 0.1) is 5.92 Å². The van der Waals surface area contributed by atoms with E-state index < -0.39 is 0 Å². The van der Waals surface area contributed by atoms with E-state index in [0.29, 0.717) is 5.92 Å². The number of esters is 1. The van der Waals surface area contributed by atoms with Crippen molar-refractivity contribution in [1.29, 1.82) is 0 Å². The molecule has 0 radical (unpaired) electrons. The summed E-state index contributed by atoms with van der Waals surface area (Å²) in [6.07, 6.45) is 9.41. The van der Waals surface area contributed by atoms with E-state index in [1.807, 2.05) is 0 Å². The Morgan fingerprint density at radius 3 is 2.65 bits per heavy atom. The molecule has 1 saturated heterocycles. The first-order valence-corrected chi connectivity index (χ1v) is 7.25. The Kier molecular flexibility index (Phi) is 4.84. The van der Waals surface area contributed by atoms with Crippen LogP contribution in [0.15, 0.2) is 0 Å². The zero-order valence-corrected chi connectivity index (χ0v) is 10.9. The molecule has 3 nitrogen and oxygen atoms in total. The number of carbonyl (C=O) groups excluding carboxylic acids is 1. The first-order chi connectivity index (χ1) is 8.31. The second-order valence-electron chi connectivity index (χ2n) is 5.43. The molecule has 0 spiro atoms. The van der Waals surface area contributed by atoms with Gasteiger partial charge in [0.1, 0.15) is 12.1 Å². The molecule has 1 N–H and O–H groups in total. The van der Waals surface area contributed by atoms with Gasteiger partial charge in [0.25, 0.3) is 0 Å². The van der Waals surface area contributed by atoms with E-state index in [1.165, 1.54) is 25.7 Å². The standard InChI is InChI=1S/C14H25NO2/c1-2-11-7-3-4-9-13(11)17-14(16)12-8-5-6-10-15-12/h11-13,15H,2-10H2,1H3/t11?,12-,13?/m1/s1. The van der Waals surface area contributed by atoms with Gasteiger partial charge in [0.05, 0.1) is 0 Å². The van der Waals surface area contributed by atoms with E-state index in [0.717, 1.165) is 32.2 Å². The van der Waals surface area contributed by atoms with E-state index in [2.05, 4.69) is 12.2 Å². The van der Waals surface area contributed by atoms with Gasteiger partial charge in [-0.2, -0.15) is 0 Å². The quantitative estimate of drug-likeness (QED) is 0.769. The third kappa shape index (κ3) is 3.44. The highest BCUT2D eigenvalue weighted by Crippen LogP contribution is 2.29. The zero-order chi connectivity index (χ0) is 12.1. The van der Waals surface area contributed by atoms with Crippen LogP contribution in [0.1, 0.15) is 58.3 Å². The number of ether oxygens (including phenoxy) is 1. The molecule has 2 unspecified atom stereocenters. The second kappa shape index (κ2) is 6.39.